The van der Waals surface area contributed by atoms with Crippen LogP contribution in [0.1, 0.15) is 36.0 Å². The van der Waals surface area contributed by atoms with Crippen LogP contribution in [0.5, 0.6) is 5.75 Å². The van der Waals surface area contributed by atoms with Gasteiger partial charge in [0.1, 0.15) is 12.4 Å². The molecule has 1 aliphatic heterocycles. The Morgan fingerprint density at radius 2 is 1.82 bits per heavy atom. The third kappa shape index (κ3) is 5.70. The molecule has 0 aromatic heterocycles. The third-order valence-electron chi connectivity index (χ3n) is 5.01. The first-order chi connectivity index (χ1) is 13.7. The quantitative estimate of drug-likeness (QED) is 0.620. The summed E-state index contributed by atoms with van der Waals surface area (Å²) in [4.78, 5) is 11.2. The molecule has 0 amide bonds. The second-order valence-corrected chi connectivity index (χ2v) is 7.11. The summed E-state index contributed by atoms with van der Waals surface area (Å²) in [6, 6.07) is 16.7. The zero-order valence-electron chi connectivity index (χ0n) is 16.7. The van der Waals surface area contributed by atoms with Crippen molar-refractivity contribution in [3.05, 3.63) is 70.8 Å². The monoisotopic (exact) mass is 380 g/mol. The fourth-order valence-electron chi connectivity index (χ4n) is 3.33. The molecule has 2 aromatic rings. The minimum Gasteiger partial charge on any atom is -0.489 e. The van der Waals surface area contributed by atoms with E-state index in [1.54, 1.807) is 0 Å². The van der Waals surface area contributed by atoms with Gasteiger partial charge in [-0.25, -0.2) is 0 Å². The van der Waals surface area contributed by atoms with Gasteiger partial charge >= 0.3 is 5.97 Å². The lowest BCUT2D eigenvalue weighted by Crippen LogP contribution is -2.16. The Labute approximate surface area is 167 Å². The molecule has 2 aromatic carbocycles. The maximum atomic E-state index is 11.2. The minimum atomic E-state index is -0.160. The van der Waals surface area contributed by atoms with Crippen LogP contribution in [-0.4, -0.2) is 32.9 Å². The summed E-state index contributed by atoms with van der Waals surface area (Å²) >= 11 is 0. The molecule has 28 heavy (non-hydrogen) atoms. The van der Waals surface area contributed by atoms with Gasteiger partial charge in [-0.1, -0.05) is 42.0 Å². The first-order valence-corrected chi connectivity index (χ1v) is 9.80. The average Bonchev–Trinajstić information content (AvgIpc) is 2.74. The fourth-order valence-corrected chi connectivity index (χ4v) is 3.33. The number of aryl methyl sites for hydroxylation is 2. The van der Waals surface area contributed by atoms with Crippen molar-refractivity contribution in [2.75, 3.05) is 26.9 Å². The summed E-state index contributed by atoms with van der Waals surface area (Å²) in [6.45, 7) is 4.01. The molecular weight excluding hydrogens is 352 g/mol. The Balaban J connectivity index is 1.59. The molecule has 0 bridgehead atoms. The molecule has 0 radical (unpaired) electrons. The van der Waals surface area contributed by atoms with Gasteiger partial charge in [0.15, 0.2) is 0 Å². The minimum absolute atomic E-state index is 0.160. The summed E-state index contributed by atoms with van der Waals surface area (Å²) in [5, 5.41) is 0. The highest BCUT2D eigenvalue weighted by molar-refractivity contribution is 5.70. The van der Waals surface area contributed by atoms with E-state index >= 15 is 0 Å². The summed E-state index contributed by atoms with van der Waals surface area (Å²) in [5.41, 5.74) is 6.26. The van der Waals surface area contributed by atoms with Crippen molar-refractivity contribution in [3.63, 3.8) is 0 Å². The second kappa shape index (κ2) is 10.1. The molecule has 4 heteroatoms. The molecule has 3 rings (SSSR count). The molecule has 0 saturated heterocycles. The van der Waals surface area contributed by atoms with Crippen molar-refractivity contribution in [1.29, 1.82) is 0 Å². The molecule has 0 fully saturated rings. The highest BCUT2D eigenvalue weighted by Gasteiger charge is 2.15. The standard InChI is InChI=1S/C24H28O4/c1-18-6-10-20(11-7-18)23-14-15-27-16-21(23)17-28-22-12-8-19(9-13-22)4-3-5-24(25)26-2/h6-13H,3-5,14-17H2,1-2H3. The number of ether oxygens (including phenoxy) is 3. The van der Waals surface area contributed by atoms with Crippen LogP contribution in [0, 0.1) is 6.92 Å². The lowest BCUT2D eigenvalue weighted by molar-refractivity contribution is -0.140. The molecule has 0 N–H and O–H groups in total. The van der Waals surface area contributed by atoms with Gasteiger partial charge in [-0.2, -0.15) is 0 Å². The Hall–Kier alpha value is -2.59. The predicted molar refractivity (Wildman–Crippen MR) is 110 cm³/mol. The van der Waals surface area contributed by atoms with Crippen molar-refractivity contribution >= 4 is 11.5 Å². The van der Waals surface area contributed by atoms with Crippen LogP contribution in [-0.2, 0) is 20.7 Å². The Morgan fingerprint density at radius 3 is 2.54 bits per heavy atom. The normalized spacial score (nSPS) is 14.1. The van der Waals surface area contributed by atoms with Gasteiger partial charge in [0.05, 0.1) is 20.3 Å². The summed E-state index contributed by atoms with van der Waals surface area (Å²) in [5.74, 6) is 0.686. The first-order valence-electron chi connectivity index (χ1n) is 9.80. The molecule has 4 nitrogen and oxygen atoms in total. The van der Waals surface area contributed by atoms with E-state index in [1.807, 2.05) is 12.1 Å². The molecule has 0 aliphatic carbocycles. The van der Waals surface area contributed by atoms with Gasteiger partial charge in [-0.3, -0.25) is 4.79 Å². The van der Waals surface area contributed by atoms with Crippen LogP contribution in [0.15, 0.2) is 54.1 Å². The smallest absolute Gasteiger partial charge is 0.305 e. The van der Waals surface area contributed by atoms with Crippen LogP contribution in [0.25, 0.3) is 5.57 Å². The van der Waals surface area contributed by atoms with Gasteiger partial charge in [-0.05, 0) is 60.6 Å². The summed E-state index contributed by atoms with van der Waals surface area (Å²) < 4.78 is 16.4. The van der Waals surface area contributed by atoms with Gasteiger partial charge in [-0.15, -0.1) is 0 Å². The van der Waals surface area contributed by atoms with Crippen molar-refractivity contribution in [2.45, 2.75) is 32.6 Å². The van der Waals surface area contributed by atoms with Crippen molar-refractivity contribution in [1.82, 2.24) is 0 Å². The highest BCUT2D eigenvalue weighted by Crippen LogP contribution is 2.27. The number of rotatable bonds is 8. The van der Waals surface area contributed by atoms with E-state index in [4.69, 9.17) is 9.47 Å². The molecule has 1 aliphatic rings. The number of carbonyl (C=O) groups is 1. The summed E-state index contributed by atoms with van der Waals surface area (Å²) in [6.07, 6.45) is 3.01. The number of benzene rings is 2. The van der Waals surface area contributed by atoms with Gasteiger partial charge in [0, 0.05) is 6.42 Å². The molecule has 0 spiro atoms. The topological polar surface area (TPSA) is 44.8 Å². The van der Waals surface area contributed by atoms with Crippen molar-refractivity contribution in [3.8, 4) is 5.75 Å². The van der Waals surface area contributed by atoms with E-state index < -0.39 is 0 Å². The average molecular weight is 380 g/mol. The zero-order chi connectivity index (χ0) is 19.8. The predicted octanol–water partition coefficient (Wildman–Crippen LogP) is 4.74. The van der Waals surface area contributed by atoms with Crippen LogP contribution in [0.2, 0.25) is 0 Å². The lowest BCUT2D eigenvalue weighted by Gasteiger charge is -2.22. The van der Waals surface area contributed by atoms with E-state index in [9.17, 15) is 4.79 Å². The number of methoxy groups -OCH3 is 1. The lowest BCUT2D eigenvalue weighted by atomic mass is 9.95. The maximum absolute atomic E-state index is 11.2. The van der Waals surface area contributed by atoms with Crippen LogP contribution in [0.4, 0.5) is 0 Å². The second-order valence-electron chi connectivity index (χ2n) is 7.11. The van der Waals surface area contributed by atoms with Crippen LogP contribution < -0.4 is 4.74 Å². The van der Waals surface area contributed by atoms with E-state index in [2.05, 4.69) is 48.1 Å². The number of hydrogen-bond donors (Lipinski definition) is 0. The van der Waals surface area contributed by atoms with Gasteiger partial charge in [0.25, 0.3) is 0 Å². The van der Waals surface area contributed by atoms with Crippen molar-refractivity contribution < 1.29 is 19.0 Å². The van der Waals surface area contributed by atoms with Gasteiger partial charge < -0.3 is 14.2 Å². The largest absolute Gasteiger partial charge is 0.489 e. The van der Waals surface area contributed by atoms with Gasteiger partial charge in [0.2, 0.25) is 0 Å². The zero-order valence-corrected chi connectivity index (χ0v) is 16.7. The highest BCUT2D eigenvalue weighted by atomic mass is 16.5. The maximum Gasteiger partial charge on any atom is 0.305 e. The number of esters is 1. The first kappa shape index (κ1) is 20.2. The Kier molecular flexibility index (Phi) is 7.26. The third-order valence-corrected chi connectivity index (χ3v) is 5.01. The Bertz CT molecular complexity index is 804. The molecule has 0 saturated carbocycles. The van der Waals surface area contributed by atoms with Crippen LogP contribution in [0.3, 0.4) is 0 Å². The molecule has 1 heterocycles. The summed E-state index contributed by atoms with van der Waals surface area (Å²) in [7, 11) is 1.42. The van der Waals surface area contributed by atoms with Crippen molar-refractivity contribution in [2.24, 2.45) is 0 Å². The van der Waals surface area contributed by atoms with E-state index in [-0.39, 0.29) is 5.97 Å². The Morgan fingerprint density at radius 1 is 1.07 bits per heavy atom. The molecular formula is C24H28O4. The fraction of sp³-hybridized carbons (Fsp3) is 0.375. The van der Waals surface area contributed by atoms with Crippen LogP contribution >= 0.6 is 0 Å². The SMILES string of the molecule is COC(=O)CCCc1ccc(OCC2=C(c3ccc(C)cc3)CCOC2)cc1. The molecule has 0 unspecified atom stereocenters. The van der Waals surface area contributed by atoms with E-state index in [1.165, 1.54) is 34.9 Å². The number of hydrogen-bond acceptors (Lipinski definition) is 4. The molecule has 0 atom stereocenters. The number of carbonyl (C=O) groups excluding carboxylic acids is 1. The molecule has 148 valence electrons. The van der Waals surface area contributed by atoms with E-state index in [0.717, 1.165) is 31.6 Å². The van der Waals surface area contributed by atoms with E-state index in [0.29, 0.717) is 19.6 Å².